The van der Waals surface area contributed by atoms with Crippen LogP contribution in [0.3, 0.4) is 0 Å². The predicted molar refractivity (Wildman–Crippen MR) is 157 cm³/mol. The van der Waals surface area contributed by atoms with Gasteiger partial charge in [-0.3, -0.25) is 13.9 Å². The molecule has 0 fully saturated rings. The number of sulfonamides is 1. The molecule has 39 heavy (non-hydrogen) atoms. The number of nitrogens with zero attached hydrogens (tertiary/aromatic N) is 2. The number of nitrogens with one attached hydrogen (secondary N) is 1. The molecule has 0 saturated heterocycles. The van der Waals surface area contributed by atoms with Gasteiger partial charge in [0, 0.05) is 18.5 Å². The highest BCUT2D eigenvalue weighted by Gasteiger charge is 2.34. The van der Waals surface area contributed by atoms with Crippen LogP contribution in [0, 0.1) is 13.8 Å². The van der Waals surface area contributed by atoms with Gasteiger partial charge in [0.1, 0.15) is 12.6 Å². The standard InChI is InChI=1S/C31H39N3O4S/c1-23-14-13-19-27(24(23)2)34(39(6,37)38)22-29(35)33(21-26-17-11-8-12-18-26)28(30(36)32-31(3,4)5)20-25-15-9-7-10-16-25/h7-19,28H,20-22H2,1-6H3,(H,32,36). The Morgan fingerprint density at radius 1 is 0.846 bits per heavy atom. The molecule has 0 spiro atoms. The van der Waals surface area contributed by atoms with Gasteiger partial charge in [0.25, 0.3) is 0 Å². The van der Waals surface area contributed by atoms with Crippen molar-refractivity contribution in [3.05, 3.63) is 101 Å². The molecule has 0 aliphatic heterocycles. The molecule has 208 valence electrons. The van der Waals surface area contributed by atoms with Crippen molar-refractivity contribution in [2.75, 3.05) is 17.1 Å². The van der Waals surface area contributed by atoms with E-state index in [9.17, 15) is 18.0 Å². The van der Waals surface area contributed by atoms with Crippen molar-refractivity contribution >= 4 is 27.5 Å². The molecule has 0 aromatic heterocycles. The van der Waals surface area contributed by atoms with E-state index in [-0.39, 0.29) is 18.9 Å². The number of hydrogen-bond acceptors (Lipinski definition) is 4. The molecule has 1 unspecified atom stereocenters. The van der Waals surface area contributed by atoms with Crippen LogP contribution in [0.2, 0.25) is 0 Å². The first kappa shape index (κ1) is 29.9. The van der Waals surface area contributed by atoms with Gasteiger partial charge in [-0.1, -0.05) is 72.8 Å². The van der Waals surface area contributed by atoms with Crippen molar-refractivity contribution in [3.63, 3.8) is 0 Å². The van der Waals surface area contributed by atoms with E-state index in [4.69, 9.17) is 0 Å². The Morgan fingerprint density at radius 2 is 1.41 bits per heavy atom. The van der Waals surface area contributed by atoms with Crippen LogP contribution in [0.15, 0.2) is 78.9 Å². The smallest absolute Gasteiger partial charge is 0.244 e. The highest BCUT2D eigenvalue weighted by atomic mass is 32.2. The quantitative estimate of drug-likeness (QED) is 0.400. The lowest BCUT2D eigenvalue weighted by Crippen LogP contribution is -2.56. The largest absolute Gasteiger partial charge is 0.350 e. The Hall–Kier alpha value is -3.65. The highest BCUT2D eigenvalue weighted by Crippen LogP contribution is 2.26. The van der Waals surface area contributed by atoms with Gasteiger partial charge in [0.2, 0.25) is 21.8 Å². The first-order valence-corrected chi connectivity index (χ1v) is 14.8. The Balaban J connectivity index is 2.08. The minimum Gasteiger partial charge on any atom is -0.350 e. The highest BCUT2D eigenvalue weighted by molar-refractivity contribution is 7.92. The zero-order chi connectivity index (χ0) is 28.8. The average Bonchev–Trinajstić information content (AvgIpc) is 2.86. The van der Waals surface area contributed by atoms with E-state index in [1.165, 1.54) is 4.90 Å². The number of hydrogen-bond donors (Lipinski definition) is 1. The van der Waals surface area contributed by atoms with Crippen LogP contribution in [0.1, 0.15) is 43.0 Å². The summed E-state index contributed by atoms with van der Waals surface area (Å²) in [4.78, 5) is 29.3. The molecule has 0 bridgehead atoms. The fraction of sp³-hybridized carbons (Fsp3) is 0.355. The summed E-state index contributed by atoms with van der Waals surface area (Å²) in [5, 5.41) is 3.03. The van der Waals surface area contributed by atoms with Gasteiger partial charge in [0.05, 0.1) is 11.9 Å². The molecule has 0 aliphatic rings. The lowest BCUT2D eigenvalue weighted by atomic mass is 10.0. The van der Waals surface area contributed by atoms with Crippen molar-refractivity contribution in [3.8, 4) is 0 Å². The third-order valence-electron chi connectivity index (χ3n) is 6.49. The third kappa shape index (κ3) is 8.42. The van der Waals surface area contributed by atoms with E-state index in [2.05, 4.69) is 5.32 Å². The van der Waals surface area contributed by atoms with Crippen LogP contribution in [0.25, 0.3) is 0 Å². The molecule has 1 N–H and O–H groups in total. The number of benzene rings is 3. The van der Waals surface area contributed by atoms with Gasteiger partial charge in [0.15, 0.2) is 0 Å². The Bertz CT molecular complexity index is 1380. The molecule has 0 saturated carbocycles. The Labute approximate surface area is 232 Å². The van der Waals surface area contributed by atoms with Crippen LogP contribution >= 0.6 is 0 Å². The SMILES string of the molecule is Cc1cccc(N(CC(=O)N(Cc2ccccc2)C(Cc2ccccc2)C(=O)NC(C)(C)C)S(C)(=O)=O)c1C. The van der Waals surface area contributed by atoms with Crippen LogP contribution in [0.4, 0.5) is 5.69 Å². The lowest BCUT2D eigenvalue weighted by molar-refractivity contribution is -0.140. The summed E-state index contributed by atoms with van der Waals surface area (Å²) in [5.74, 6) is -0.761. The van der Waals surface area contributed by atoms with Crippen LogP contribution < -0.4 is 9.62 Å². The number of carbonyl (C=O) groups excluding carboxylic acids is 2. The molecule has 3 aromatic carbocycles. The lowest BCUT2D eigenvalue weighted by Gasteiger charge is -2.35. The predicted octanol–water partition coefficient (Wildman–Crippen LogP) is 4.62. The van der Waals surface area contributed by atoms with E-state index in [0.29, 0.717) is 5.69 Å². The summed E-state index contributed by atoms with van der Waals surface area (Å²) in [6, 6.07) is 23.4. The van der Waals surface area contributed by atoms with E-state index >= 15 is 0 Å². The van der Waals surface area contributed by atoms with Crippen LogP contribution in [0.5, 0.6) is 0 Å². The van der Waals surface area contributed by atoms with Crippen LogP contribution in [-0.2, 0) is 32.6 Å². The molecule has 7 nitrogen and oxygen atoms in total. The number of anilines is 1. The van der Waals surface area contributed by atoms with Crippen molar-refractivity contribution in [1.82, 2.24) is 10.2 Å². The van der Waals surface area contributed by atoms with E-state index in [1.54, 1.807) is 12.1 Å². The zero-order valence-electron chi connectivity index (χ0n) is 23.6. The first-order chi connectivity index (χ1) is 18.3. The minimum atomic E-state index is -3.81. The van der Waals surface area contributed by atoms with Crippen molar-refractivity contribution in [2.45, 2.75) is 59.2 Å². The van der Waals surface area contributed by atoms with Crippen molar-refractivity contribution in [1.29, 1.82) is 0 Å². The Kier molecular flexibility index (Phi) is 9.56. The second-order valence-electron chi connectivity index (χ2n) is 10.9. The maximum Gasteiger partial charge on any atom is 0.244 e. The monoisotopic (exact) mass is 549 g/mol. The van der Waals surface area contributed by atoms with Gasteiger partial charge in [-0.15, -0.1) is 0 Å². The van der Waals surface area contributed by atoms with Gasteiger partial charge in [-0.25, -0.2) is 8.42 Å². The van der Waals surface area contributed by atoms with Crippen molar-refractivity contribution in [2.24, 2.45) is 0 Å². The number of amides is 2. The fourth-order valence-electron chi connectivity index (χ4n) is 4.39. The number of aryl methyl sites for hydroxylation is 1. The Morgan fingerprint density at radius 3 is 1.95 bits per heavy atom. The molecule has 0 aliphatic carbocycles. The summed E-state index contributed by atoms with van der Waals surface area (Å²) in [7, 11) is -3.81. The second-order valence-corrected chi connectivity index (χ2v) is 12.8. The molecule has 0 heterocycles. The molecule has 2 amide bonds. The summed E-state index contributed by atoms with van der Waals surface area (Å²) in [6.45, 7) is 9.13. The summed E-state index contributed by atoms with van der Waals surface area (Å²) >= 11 is 0. The van der Waals surface area contributed by atoms with Gasteiger partial charge < -0.3 is 10.2 Å². The third-order valence-corrected chi connectivity index (χ3v) is 7.62. The fourth-order valence-corrected chi connectivity index (χ4v) is 5.29. The molecule has 1 atom stereocenters. The summed E-state index contributed by atoms with van der Waals surface area (Å²) < 4.78 is 27.1. The topological polar surface area (TPSA) is 86.8 Å². The average molecular weight is 550 g/mol. The van der Waals surface area contributed by atoms with Gasteiger partial charge in [-0.2, -0.15) is 0 Å². The normalized spacial score (nSPS) is 12.5. The van der Waals surface area contributed by atoms with E-state index < -0.39 is 34.1 Å². The number of rotatable bonds is 10. The minimum absolute atomic E-state index is 0.152. The molecular formula is C31H39N3O4S. The summed E-state index contributed by atoms with van der Waals surface area (Å²) in [6.07, 6.45) is 1.38. The molecule has 8 heteroatoms. The molecular weight excluding hydrogens is 510 g/mol. The van der Waals surface area contributed by atoms with E-state index in [0.717, 1.165) is 32.8 Å². The maximum atomic E-state index is 14.1. The first-order valence-electron chi connectivity index (χ1n) is 13.0. The van der Waals surface area contributed by atoms with Gasteiger partial charge >= 0.3 is 0 Å². The zero-order valence-corrected chi connectivity index (χ0v) is 24.5. The van der Waals surface area contributed by atoms with E-state index in [1.807, 2.05) is 101 Å². The summed E-state index contributed by atoms with van der Waals surface area (Å²) in [5.41, 5.74) is 3.35. The van der Waals surface area contributed by atoms with Crippen LogP contribution in [-0.4, -0.2) is 49.5 Å². The second kappa shape index (κ2) is 12.5. The molecule has 3 rings (SSSR count). The van der Waals surface area contributed by atoms with Gasteiger partial charge in [-0.05, 0) is 62.9 Å². The number of carbonyl (C=O) groups is 2. The van der Waals surface area contributed by atoms with Crippen molar-refractivity contribution < 1.29 is 18.0 Å². The maximum absolute atomic E-state index is 14.1. The molecule has 3 aromatic rings. The molecule has 0 radical (unpaired) electrons.